The fraction of sp³-hybridized carbons (Fsp3) is 0.571. The molecule has 0 aliphatic rings. The van der Waals surface area contributed by atoms with Crippen LogP contribution in [0.15, 0.2) is 12.3 Å². The summed E-state index contributed by atoms with van der Waals surface area (Å²) in [5, 5.41) is 10.5. The van der Waals surface area contributed by atoms with E-state index >= 15 is 0 Å². The second-order valence-electron chi connectivity index (χ2n) is 4.73. The Balaban J connectivity index is 5.72. The molecule has 3 atom stereocenters. The second-order valence-corrected chi connectivity index (χ2v) is 4.73. The molecule has 140 valence electrons. The molecule has 0 aliphatic carbocycles. The molecule has 0 rings (SSSR count). The maximum atomic E-state index is 11.3. The number of carbonyl (C=O) groups is 4. The van der Waals surface area contributed by atoms with Gasteiger partial charge in [0.2, 0.25) is 6.20 Å². The molecule has 0 N–H and O–H groups in total. The lowest BCUT2D eigenvalue weighted by molar-refractivity contribution is -0.403. The predicted molar refractivity (Wildman–Crippen MR) is 79.4 cm³/mol. The van der Waals surface area contributed by atoms with E-state index in [1.165, 1.54) is 0 Å². The van der Waals surface area contributed by atoms with Gasteiger partial charge in [-0.1, -0.05) is 0 Å². The number of carbonyl (C=O) groups excluding carboxylic acids is 4. The largest absolute Gasteiger partial charge is 0.462 e. The van der Waals surface area contributed by atoms with Crippen LogP contribution < -0.4 is 0 Å². The van der Waals surface area contributed by atoms with E-state index in [0.717, 1.165) is 33.8 Å². The van der Waals surface area contributed by atoms with Crippen LogP contribution in [0.2, 0.25) is 0 Å². The van der Waals surface area contributed by atoms with E-state index < -0.39 is 53.7 Å². The van der Waals surface area contributed by atoms with Crippen LogP contribution in [0.4, 0.5) is 0 Å². The Hall–Kier alpha value is -2.98. The molecule has 0 saturated heterocycles. The number of hydrogen-bond donors (Lipinski definition) is 0. The smallest absolute Gasteiger partial charge is 0.303 e. The van der Waals surface area contributed by atoms with Gasteiger partial charge in [-0.05, 0) is 0 Å². The number of nitro groups is 1. The first-order valence-corrected chi connectivity index (χ1v) is 6.99. The van der Waals surface area contributed by atoms with E-state index in [4.69, 9.17) is 18.9 Å². The Bertz CT molecular complexity index is 556. The number of rotatable bonds is 9. The van der Waals surface area contributed by atoms with Crippen molar-refractivity contribution < 1.29 is 43.0 Å². The summed E-state index contributed by atoms with van der Waals surface area (Å²) in [4.78, 5) is 54.5. The van der Waals surface area contributed by atoms with Crippen LogP contribution in [0.1, 0.15) is 27.7 Å². The lowest BCUT2D eigenvalue weighted by Gasteiger charge is -2.29. The third-order valence-electron chi connectivity index (χ3n) is 2.46. The Morgan fingerprint density at radius 3 is 1.84 bits per heavy atom. The molecule has 25 heavy (non-hydrogen) atoms. The molecule has 0 fully saturated rings. The van der Waals surface area contributed by atoms with Crippen LogP contribution in [0.3, 0.4) is 0 Å². The average molecular weight is 361 g/mol. The van der Waals surface area contributed by atoms with Gasteiger partial charge in [0.1, 0.15) is 6.61 Å². The Kier molecular flexibility index (Phi) is 9.45. The van der Waals surface area contributed by atoms with Gasteiger partial charge in [0, 0.05) is 33.8 Å². The normalized spacial score (nSPS) is 14.1. The van der Waals surface area contributed by atoms with Crippen molar-refractivity contribution in [3.05, 3.63) is 22.4 Å². The summed E-state index contributed by atoms with van der Waals surface area (Å²) < 4.78 is 19.6. The quantitative estimate of drug-likeness (QED) is 0.240. The van der Waals surface area contributed by atoms with Crippen LogP contribution in [-0.2, 0) is 38.1 Å². The molecule has 0 aromatic rings. The third kappa shape index (κ3) is 10.4. The minimum Gasteiger partial charge on any atom is -0.462 e. The number of ether oxygens (including phenoxy) is 4. The molecule has 0 aromatic heterocycles. The minimum atomic E-state index is -1.47. The van der Waals surface area contributed by atoms with Crippen LogP contribution >= 0.6 is 0 Å². The van der Waals surface area contributed by atoms with Crippen molar-refractivity contribution in [3.63, 3.8) is 0 Å². The highest BCUT2D eigenvalue weighted by Crippen LogP contribution is 2.16. The third-order valence-corrected chi connectivity index (χ3v) is 2.46. The van der Waals surface area contributed by atoms with E-state index in [1.54, 1.807) is 0 Å². The van der Waals surface area contributed by atoms with Crippen molar-refractivity contribution in [1.29, 1.82) is 0 Å². The summed E-state index contributed by atoms with van der Waals surface area (Å²) >= 11 is 0. The maximum Gasteiger partial charge on any atom is 0.303 e. The molecule has 0 spiro atoms. The molecule has 0 aromatic carbocycles. The van der Waals surface area contributed by atoms with Crippen LogP contribution in [0.5, 0.6) is 0 Å². The first-order valence-electron chi connectivity index (χ1n) is 6.99. The zero-order valence-corrected chi connectivity index (χ0v) is 14.1. The molecule has 0 aliphatic heterocycles. The molecule has 0 saturated carbocycles. The molecule has 0 radical (unpaired) electrons. The van der Waals surface area contributed by atoms with E-state index in [1.807, 2.05) is 0 Å². The zero-order chi connectivity index (χ0) is 19.6. The number of esters is 4. The average Bonchev–Trinajstić information content (AvgIpc) is 2.44. The Morgan fingerprint density at radius 1 is 0.920 bits per heavy atom. The first kappa shape index (κ1) is 22.0. The highest BCUT2D eigenvalue weighted by Gasteiger charge is 2.37. The molecular weight excluding hydrogens is 342 g/mol. The molecule has 0 heterocycles. The van der Waals surface area contributed by atoms with Crippen molar-refractivity contribution in [2.24, 2.45) is 0 Å². The predicted octanol–water partition coefficient (Wildman–Crippen LogP) is 0.135. The number of hydrogen-bond acceptors (Lipinski definition) is 10. The zero-order valence-electron chi connectivity index (χ0n) is 14.1. The van der Waals surface area contributed by atoms with E-state index in [2.05, 4.69) is 0 Å². The van der Waals surface area contributed by atoms with Gasteiger partial charge in [-0.15, -0.1) is 0 Å². The molecule has 0 unspecified atom stereocenters. The van der Waals surface area contributed by atoms with Crippen molar-refractivity contribution in [3.8, 4) is 0 Å². The molecule has 11 nitrogen and oxygen atoms in total. The van der Waals surface area contributed by atoms with Gasteiger partial charge in [-0.25, -0.2) is 0 Å². The van der Waals surface area contributed by atoms with Gasteiger partial charge in [-0.2, -0.15) is 0 Å². The monoisotopic (exact) mass is 361 g/mol. The van der Waals surface area contributed by atoms with Crippen molar-refractivity contribution in [1.82, 2.24) is 0 Å². The van der Waals surface area contributed by atoms with Gasteiger partial charge in [0.15, 0.2) is 18.3 Å². The van der Waals surface area contributed by atoms with Gasteiger partial charge in [-0.3, -0.25) is 29.3 Å². The van der Waals surface area contributed by atoms with E-state index in [0.29, 0.717) is 6.20 Å². The van der Waals surface area contributed by atoms with Gasteiger partial charge < -0.3 is 18.9 Å². The standard InChI is InChI=1S/C14H19NO10/c1-8(16)22-7-13(24-10(3)18)14(25-11(4)19)12(23-9(2)17)5-6-15(20)21/h5-6,12-14H,7H2,1-4H3/b6-5+/t12-,13-,14+/m0/s1. The van der Waals surface area contributed by atoms with Crippen LogP contribution in [0.25, 0.3) is 0 Å². The second kappa shape index (κ2) is 10.7. The van der Waals surface area contributed by atoms with E-state index in [9.17, 15) is 29.3 Å². The van der Waals surface area contributed by atoms with Gasteiger partial charge >= 0.3 is 23.9 Å². The lowest BCUT2D eigenvalue weighted by Crippen LogP contribution is -2.46. The SMILES string of the molecule is CC(=O)OC[C@H](OC(C)=O)[C@H](OC(C)=O)[C@H](/C=C/[N+](=O)[O-])OC(C)=O. The van der Waals surface area contributed by atoms with Crippen molar-refractivity contribution in [2.45, 2.75) is 46.0 Å². The summed E-state index contributed by atoms with van der Waals surface area (Å²) in [5.74, 6) is -3.17. The van der Waals surface area contributed by atoms with Crippen LogP contribution in [-0.4, -0.2) is 53.7 Å². The lowest BCUT2D eigenvalue weighted by atomic mass is 10.1. The Labute approximate surface area is 143 Å². The molecule has 11 heteroatoms. The van der Waals surface area contributed by atoms with Gasteiger partial charge in [0.25, 0.3) is 0 Å². The number of nitrogens with zero attached hydrogens (tertiary/aromatic N) is 1. The minimum absolute atomic E-state index is 0.473. The highest BCUT2D eigenvalue weighted by molar-refractivity contribution is 5.69. The fourth-order valence-corrected chi connectivity index (χ4v) is 1.72. The summed E-state index contributed by atoms with van der Waals surface area (Å²) in [6, 6.07) is 0. The van der Waals surface area contributed by atoms with Crippen molar-refractivity contribution >= 4 is 23.9 Å². The van der Waals surface area contributed by atoms with Crippen molar-refractivity contribution in [2.75, 3.05) is 6.61 Å². The highest BCUT2D eigenvalue weighted by atomic mass is 16.6. The summed E-state index contributed by atoms with van der Waals surface area (Å²) in [7, 11) is 0. The fourth-order valence-electron chi connectivity index (χ4n) is 1.72. The maximum absolute atomic E-state index is 11.3. The molecule has 0 bridgehead atoms. The molecular formula is C14H19NO10. The summed E-state index contributed by atoms with van der Waals surface area (Å²) in [6.45, 7) is 3.70. The Morgan fingerprint density at radius 2 is 1.44 bits per heavy atom. The van der Waals surface area contributed by atoms with Gasteiger partial charge in [0.05, 0.1) is 4.92 Å². The summed E-state index contributed by atoms with van der Waals surface area (Å²) in [6.07, 6.45) is -2.96. The van der Waals surface area contributed by atoms with E-state index in [-0.39, 0.29) is 0 Å². The summed E-state index contributed by atoms with van der Waals surface area (Å²) in [5.41, 5.74) is 0. The molecule has 0 amide bonds. The topological polar surface area (TPSA) is 148 Å². The first-order chi connectivity index (χ1) is 11.5. The van der Waals surface area contributed by atoms with Crippen LogP contribution in [0, 0.1) is 10.1 Å².